The molecule has 1 aliphatic carbocycles. The van der Waals surface area contributed by atoms with E-state index >= 15 is 0 Å². The lowest BCUT2D eigenvalue weighted by Crippen LogP contribution is -1.91. The molecule has 0 heterocycles. The zero-order valence-corrected chi connectivity index (χ0v) is 9.70. The molecule has 1 heteroatoms. The van der Waals surface area contributed by atoms with Crippen LogP contribution in [0.15, 0.2) is 24.3 Å². The molecule has 1 fully saturated rings. The van der Waals surface area contributed by atoms with Crippen LogP contribution in [0.5, 0.6) is 5.75 Å². The summed E-state index contributed by atoms with van der Waals surface area (Å²) in [5.41, 5.74) is 1.42. The summed E-state index contributed by atoms with van der Waals surface area (Å²) >= 11 is 0. The largest absolute Gasteiger partial charge is 0.496 e. The Bertz CT molecular complexity index is 319. The first-order chi connectivity index (χ1) is 7.36. The van der Waals surface area contributed by atoms with Gasteiger partial charge in [0, 0.05) is 0 Å². The van der Waals surface area contributed by atoms with Crippen LogP contribution in [0.2, 0.25) is 0 Å². The third-order valence-corrected chi connectivity index (χ3v) is 3.39. The molecule has 1 aromatic rings. The van der Waals surface area contributed by atoms with E-state index in [4.69, 9.17) is 4.74 Å². The molecule has 0 bridgehead atoms. The number of hydrogen-bond acceptors (Lipinski definition) is 1. The van der Waals surface area contributed by atoms with Crippen molar-refractivity contribution in [2.45, 2.75) is 38.5 Å². The number of hydrogen-bond donors (Lipinski definition) is 0. The van der Waals surface area contributed by atoms with Gasteiger partial charge in [0.2, 0.25) is 0 Å². The van der Waals surface area contributed by atoms with Crippen molar-refractivity contribution >= 4 is 0 Å². The van der Waals surface area contributed by atoms with Gasteiger partial charge >= 0.3 is 0 Å². The van der Waals surface area contributed by atoms with Gasteiger partial charge in [-0.3, -0.25) is 0 Å². The number of unbranched alkanes of at least 4 members (excludes halogenated alkanes) is 1. The van der Waals surface area contributed by atoms with Crippen molar-refractivity contribution in [3.8, 4) is 5.75 Å². The van der Waals surface area contributed by atoms with E-state index in [1.807, 2.05) is 6.07 Å². The summed E-state index contributed by atoms with van der Waals surface area (Å²) in [6, 6.07) is 8.46. The van der Waals surface area contributed by atoms with E-state index in [1.54, 1.807) is 7.11 Å². The van der Waals surface area contributed by atoms with Gasteiger partial charge in [0.25, 0.3) is 0 Å². The molecule has 0 aromatic heterocycles. The fourth-order valence-corrected chi connectivity index (χ4v) is 2.39. The van der Waals surface area contributed by atoms with Gasteiger partial charge < -0.3 is 4.74 Å². The van der Waals surface area contributed by atoms with E-state index in [0.717, 1.165) is 17.6 Å². The van der Waals surface area contributed by atoms with Crippen molar-refractivity contribution in [2.75, 3.05) is 7.11 Å². The lowest BCUT2D eigenvalue weighted by Gasteiger charge is -2.07. The maximum Gasteiger partial charge on any atom is 0.122 e. The predicted molar refractivity (Wildman–Crippen MR) is 63.4 cm³/mol. The van der Waals surface area contributed by atoms with E-state index in [1.165, 1.54) is 31.2 Å². The average Bonchev–Trinajstić information content (AvgIpc) is 3.05. The summed E-state index contributed by atoms with van der Waals surface area (Å²) < 4.78 is 5.40. The average molecular weight is 204 g/mol. The second kappa shape index (κ2) is 4.69. The maximum atomic E-state index is 5.40. The van der Waals surface area contributed by atoms with E-state index in [2.05, 4.69) is 25.1 Å². The summed E-state index contributed by atoms with van der Waals surface area (Å²) in [5.74, 6) is 2.76. The van der Waals surface area contributed by atoms with Crippen LogP contribution < -0.4 is 4.74 Å². The molecule has 0 unspecified atom stereocenters. The maximum absolute atomic E-state index is 5.40. The predicted octanol–water partition coefficient (Wildman–Crippen LogP) is 3.99. The smallest absolute Gasteiger partial charge is 0.122 e. The third kappa shape index (κ3) is 2.34. The Morgan fingerprint density at radius 2 is 2.13 bits per heavy atom. The molecular formula is C14H20O. The Labute approximate surface area is 92.5 Å². The Kier molecular flexibility index (Phi) is 3.30. The van der Waals surface area contributed by atoms with Crippen molar-refractivity contribution in [1.82, 2.24) is 0 Å². The summed E-state index contributed by atoms with van der Waals surface area (Å²) in [6.07, 6.45) is 5.44. The molecule has 0 radical (unpaired) electrons. The van der Waals surface area contributed by atoms with Gasteiger partial charge in [-0.2, -0.15) is 0 Å². The first-order valence-corrected chi connectivity index (χ1v) is 5.99. The van der Waals surface area contributed by atoms with Crippen LogP contribution >= 0.6 is 0 Å². The lowest BCUT2D eigenvalue weighted by atomic mass is 10.1. The van der Waals surface area contributed by atoms with Crippen LogP contribution in [0.4, 0.5) is 0 Å². The monoisotopic (exact) mass is 204 g/mol. The number of benzene rings is 1. The van der Waals surface area contributed by atoms with Crippen molar-refractivity contribution < 1.29 is 4.74 Å². The molecule has 1 nitrogen and oxygen atoms in total. The highest BCUT2D eigenvalue weighted by Crippen LogP contribution is 2.52. The second-order valence-corrected chi connectivity index (χ2v) is 4.49. The molecule has 2 atom stereocenters. The second-order valence-electron chi connectivity index (χ2n) is 4.49. The van der Waals surface area contributed by atoms with Gasteiger partial charge in [0.15, 0.2) is 0 Å². The molecule has 1 aromatic carbocycles. The van der Waals surface area contributed by atoms with Crippen LogP contribution in [-0.4, -0.2) is 7.11 Å². The topological polar surface area (TPSA) is 9.23 Å². The molecule has 0 aliphatic heterocycles. The van der Waals surface area contributed by atoms with E-state index < -0.39 is 0 Å². The summed E-state index contributed by atoms with van der Waals surface area (Å²) in [5, 5.41) is 0. The van der Waals surface area contributed by atoms with Gasteiger partial charge in [0.1, 0.15) is 5.75 Å². The number of methoxy groups -OCH3 is 1. The summed E-state index contributed by atoms with van der Waals surface area (Å²) in [7, 11) is 1.77. The van der Waals surface area contributed by atoms with Gasteiger partial charge in [-0.05, 0) is 36.3 Å². The van der Waals surface area contributed by atoms with Crippen molar-refractivity contribution in [1.29, 1.82) is 0 Å². The highest BCUT2D eigenvalue weighted by molar-refractivity contribution is 5.39. The Morgan fingerprint density at radius 1 is 1.33 bits per heavy atom. The minimum absolute atomic E-state index is 0.771. The molecule has 82 valence electrons. The molecule has 0 spiro atoms. The summed E-state index contributed by atoms with van der Waals surface area (Å²) in [6.45, 7) is 2.26. The molecular weight excluding hydrogens is 184 g/mol. The first-order valence-electron chi connectivity index (χ1n) is 5.99. The highest BCUT2D eigenvalue weighted by Gasteiger charge is 2.38. The number of rotatable bonds is 5. The first kappa shape index (κ1) is 10.5. The molecule has 0 saturated heterocycles. The van der Waals surface area contributed by atoms with Gasteiger partial charge in [-0.1, -0.05) is 38.0 Å². The van der Waals surface area contributed by atoms with Gasteiger partial charge in [-0.15, -0.1) is 0 Å². The SMILES string of the molecule is CCCC[C@@H]1C[C@H]1c1ccccc1OC. The van der Waals surface area contributed by atoms with Crippen molar-refractivity contribution in [2.24, 2.45) is 5.92 Å². The third-order valence-electron chi connectivity index (χ3n) is 3.39. The zero-order chi connectivity index (χ0) is 10.7. The van der Waals surface area contributed by atoms with Crippen LogP contribution in [0.3, 0.4) is 0 Å². The van der Waals surface area contributed by atoms with Gasteiger partial charge in [-0.25, -0.2) is 0 Å². The molecule has 15 heavy (non-hydrogen) atoms. The number of para-hydroxylation sites is 1. The van der Waals surface area contributed by atoms with Crippen LogP contribution in [0.25, 0.3) is 0 Å². The Morgan fingerprint density at radius 3 is 2.87 bits per heavy atom. The molecule has 2 rings (SSSR count). The normalized spacial score (nSPS) is 23.9. The fraction of sp³-hybridized carbons (Fsp3) is 0.571. The molecule has 1 saturated carbocycles. The van der Waals surface area contributed by atoms with Gasteiger partial charge in [0.05, 0.1) is 7.11 Å². The molecule has 0 amide bonds. The zero-order valence-electron chi connectivity index (χ0n) is 9.70. The minimum atomic E-state index is 0.771. The molecule has 0 N–H and O–H groups in total. The van der Waals surface area contributed by atoms with E-state index in [0.29, 0.717) is 0 Å². The fourth-order valence-electron chi connectivity index (χ4n) is 2.39. The number of ether oxygens (including phenoxy) is 1. The van der Waals surface area contributed by atoms with Crippen LogP contribution in [0.1, 0.15) is 44.1 Å². The Hall–Kier alpha value is -0.980. The Balaban J connectivity index is 1.99. The van der Waals surface area contributed by atoms with Crippen molar-refractivity contribution in [3.63, 3.8) is 0 Å². The van der Waals surface area contributed by atoms with E-state index in [-0.39, 0.29) is 0 Å². The lowest BCUT2D eigenvalue weighted by molar-refractivity contribution is 0.409. The summed E-state index contributed by atoms with van der Waals surface area (Å²) in [4.78, 5) is 0. The van der Waals surface area contributed by atoms with E-state index in [9.17, 15) is 0 Å². The highest BCUT2D eigenvalue weighted by atomic mass is 16.5. The van der Waals surface area contributed by atoms with Crippen molar-refractivity contribution in [3.05, 3.63) is 29.8 Å². The minimum Gasteiger partial charge on any atom is -0.496 e. The van der Waals surface area contributed by atoms with Crippen LogP contribution in [-0.2, 0) is 0 Å². The standard InChI is InChI=1S/C14H20O/c1-3-4-7-11-10-13(11)12-8-5-6-9-14(12)15-2/h5-6,8-9,11,13H,3-4,7,10H2,1-2H3/t11-,13-/m1/s1. The van der Waals surface area contributed by atoms with Crippen LogP contribution in [0, 0.1) is 5.92 Å². The quantitative estimate of drug-likeness (QED) is 0.704. The molecule has 1 aliphatic rings.